The third-order valence-electron chi connectivity index (χ3n) is 2.89. The van der Waals surface area contributed by atoms with Crippen LogP contribution < -0.4 is 15.4 Å². The van der Waals surface area contributed by atoms with Crippen molar-refractivity contribution in [1.29, 1.82) is 0 Å². The minimum atomic E-state index is -0.494. The Hall–Kier alpha value is -2.76. The van der Waals surface area contributed by atoms with Crippen molar-refractivity contribution in [2.75, 3.05) is 19.0 Å². The summed E-state index contributed by atoms with van der Waals surface area (Å²) in [4.78, 5) is 1.93. The van der Waals surface area contributed by atoms with Crippen molar-refractivity contribution >= 4 is 11.5 Å². The highest BCUT2D eigenvalue weighted by atomic mass is 19.1. The number of halogens is 1. The molecule has 6 heteroatoms. The van der Waals surface area contributed by atoms with Gasteiger partial charge in [-0.1, -0.05) is 11.2 Å². The molecule has 0 aliphatic carbocycles. The Kier molecular flexibility index (Phi) is 4.27. The third-order valence-corrected chi connectivity index (χ3v) is 2.89. The van der Waals surface area contributed by atoms with E-state index in [1.807, 2.05) is 37.2 Å². The van der Waals surface area contributed by atoms with E-state index in [0.29, 0.717) is 11.5 Å². The van der Waals surface area contributed by atoms with E-state index in [2.05, 4.69) is 5.16 Å². The van der Waals surface area contributed by atoms with Crippen LogP contribution in [-0.2, 0) is 0 Å². The quantitative estimate of drug-likeness (QED) is 0.393. The van der Waals surface area contributed by atoms with E-state index in [1.54, 1.807) is 6.07 Å². The van der Waals surface area contributed by atoms with E-state index in [0.717, 1.165) is 11.8 Å². The molecular weight excluding hydrogens is 273 g/mol. The summed E-state index contributed by atoms with van der Waals surface area (Å²) < 4.78 is 19.0. The molecule has 110 valence electrons. The summed E-state index contributed by atoms with van der Waals surface area (Å²) in [5.41, 5.74) is 6.69. The lowest BCUT2D eigenvalue weighted by molar-refractivity contribution is 0.318. The number of rotatable bonds is 4. The van der Waals surface area contributed by atoms with Gasteiger partial charge in [-0.3, -0.25) is 0 Å². The monoisotopic (exact) mass is 289 g/mol. The first-order valence-corrected chi connectivity index (χ1v) is 6.24. The van der Waals surface area contributed by atoms with Gasteiger partial charge in [0.2, 0.25) is 0 Å². The standard InChI is InChI=1S/C15H16FN3O2/c1-19(2)11-4-3-5-12(9-11)21-14-7-6-10(16)8-13(14)15(17)18-20/h3-9,20H,1-2H3,(H2,17,18). The molecule has 0 spiro atoms. The number of ether oxygens (including phenoxy) is 1. The minimum Gasteiger partial charge on any atom is -0.457 e. The molecule has 0 saturated heterocycles. The Bertz CT molecular complexity index is 672. The Morgan fingerprint density at radius 2 is 2.00 bits per heavy atom. The van der Waals surface area contributed by atoms with Gasteiger partial charge in [0, 0.05) is 25.8 Å². The van der Waals surface area contributed by atoms with Gasteiger partial charge in [-0.2, -0.15) is 0 Å². The van der Waals surface area contributed by atoms with Crippen LogP contribution in [-0.4, -0.2) is 25.1 Å². The van der Waals surface area contributed by atoms with Crippen LogP contribution in [0.25, 0.3) is 0 Å². The second-order valence-corrected chi connectivity index (χ2v) is 4.62. The summed E-state index contributed by atoms with van der Waals surface area (Å²) in [5, 5.41) is 11.7. The molecule has 0 heterocycles. The maximum atomic E-state index is 13.3. The van der Waals surface area contributed by atoms with Crippen LogP contribution in [0.5, 0.6) is 11.5 Å². The summed E-state index contributed by atoms with van der Waals surface area (Å²) in [7, 11) is 3.83. The Morgan fingerprint density at radius 1 is 1.24 bits per heavy atom. The first kappa shape index (κ1) is 14.6. The normalized spacial score (nSPS) is 11.3. The molecule has 2 aromatic rings. The smallest absolute Gasteiger partial charge is 0.173 e. The van der Waals surface area contributed by atoms with Crippen LogP contribution in [0.4, 0.5) is 10.1 Å². The summed E-state index contributed by atoms with van der Waals surface area (Å²) in [6.45, 7) is 0. The van der Waals surface area contributed by atoms with Gasteiger partial charge in [-0.25, -0.2) is 4.39 Å². The van der Waals surface area contributed by atoms with Gasteiger partial charge in [-0.15, -0.1) is 0 Å². The summed E-state index contributed by atoms with van der Waals surface area (Å²) in [6.07, 6.45) is 0. The molecule has 2 aromatic carbocycles. The van der Waals surface area contributed by atoms with Gasteiger partial charge < -0.3 is 20.6 Å². The molecule has 0 bridgehead atoms. The van der Waals surface area contributed by atoms with Crippen LogP contribution in [0.1, 0.15) is 5.56 Å². The van der Waals surface area contributed by atoms with Gasteiger partial charge in [0.15, 0.2) is 5.84 Å². The molecule has 2 rings (SSSR count). The molecular formula is C15H16FN3O2. The highest BCUT2D eigenvalue weighted by molar-refractivity contribution is 5.99. The van der Waals surface area contributed by atoms with Crippen molar-refractivity contribution in [3.63, 3.8) is 0 Å². The van der Waals surface area contributed by atoms with E-state index in [9.17, 15) is 4.39 Å². The number of nitrogens with two attached hydrogens (primary N) is 1. The van der Waals surface area contributed by atoms with Crippen molar-refractivity contribution in [3.05, 3.63) is 53.8 Å². The SMILES string of the molecule is CN(C)c1cccc(Oc2ccc(F)cc2C(N)=NO)c1. The molecule has 0 unspecified atom stereocenters. The van der Waals surface area contributed by atoms with E-state index in [-0.39, 0.29) is 11.4 Å². The molecule has 0 fully saturated rings. The van der Waals surface area contributed by atoms with Gasteiger partial charge >= 0.3 is 0 Å². The number of oxime groups is 1. The number of nitrogens with zero attached hydrogens (tertiary/aromatic N) is 2. The van der Waals surface area contributed by atoms with Crippen LogP contribution in [0.15, 0.2) is 47.6 Å². The summed E-state index contributed by atoms with van der Waals surface area (Å²) >= 11 is 0. The molecule has 0 radical (unpaired) electrons. The zero-order valence-corrected chi connectivity index (χ0v) is 11.7. The molecule has 0 aliphatic heterocycles. The first-order valence-electron chi connectivity index (χ1n) is 6.24. The van der Waals surface area contributed by atoms with Crippen molar-refractivity contribution in [1.82, 2.24) is 0 Å². The average Bonchev–Trinajstić information content (AvgIpc) is 2.48. The van der Waals surface area contributed by atoms with Crippen LogP contribution >= 0.6 is 0 Å². The number of hydrogen-bond donors (Lipinski definition) is 2. The maximum absolute atomic E-state index is 13.3. The molecule has 0 atom stereocenters. The second-order valence-electron chi connectivity index (χ2n) is 4.62. The van der Waals surface area contributed by atoms with Gasteiger partial charge in [-0.05, 0) is 30.3 Å². The lowest BCUT2D eigenvalue weighted by Gasteiger charge is -2.15. The van der Waals surface area contributed by atoms with E-state index < -0.39 is 5.82 Å². The fourth-order valence-corrected chi connectivity index (χ4v) is 1.80. The highest BCUT2D eigenvalue weighted by Gasteiger charge is 2.11. The van der Waals surface area contributed by atoms with Crippen LogP contribution in [0.3, 0.4) is 0 Å². The minimum absolute atomic E-state index is 0.188. The van der Waals surface area contributed by atoms with Crippen molar-refractivity contribution in [3.8, 4) is 11.5 Å². The highest BCUT2D eigenvalue weighted by Crippen LogP contribution is 2.28. The number of benzene rings is 2. The lowest BCUT2D eigenvalue weighted by atomic mass is 10.2. The number of anilines is 1. The van der Waals surface area contributed by atoms with E-state index in [1.165, 1.54) is 12.1 Å². The lowest BCUT2D eigenvalue weighted by Crippen LogP contribution is -2.14. The van der Waals surface area contributed by atoms with Gasteiger partial charge in [0.25, 0.3) is 0 Å². The van der Waals surface area contributed by atoms with E-state index >= 15 is 0 Å². The zero-order valence-electron chi connectivity index (χ0n) is 11.7. The number of amidine groups is 1. The number of hydrogen-bond acceptors (Lipinski definition) is 4. The fraction of sp³-hybridized carbons (Fsp3) is 0.133. The molecule has 0 aliphatic rings. The van der Waals surface area contributed by atoms with Crippen molar-refractivity contribution in [2.24, 2.45) is 10.9 Å². The van der Waals surface area contributed by atoms with Crippen LogP contribution in [0.2, 0.25) is 0 Å². The molecule has 0 saturated carbocycles. The molecule has 0 aromatic heterocycles. The average molecular weight is 289 g/mol. The van der Waals surface area contributed by atoms with Crippen LogP contribution in [0, 0.1) is 5.82 Å². The van der Waals surface area contributed by atoms with Crippen molar-refractivity contribution < 1.29 is 14.3 Å². The predicted molar refractivity (Wildman–Crippen MR) is 79.8 cm³/mol. The molecule has 5 nitrogen and oxygen atoms in total. The largest absolute Gasteiger partial charge is 0.457 e. The molecule has 3 N–H and O–H groups in total. The Balaban J connectivity index is 2.38. The first-order chi connectivity index (χ1) is 10.0. The molecule has 21 heavy (non-hydrogen) atoms. The maximum Gasteiger partial charge on any atom is 0.173 e. The van der Waals surface area contributed by atoms with Crippen molar-refractivity contribution in [2.45, 2.75) is 0 Å². The third kappa shape index (κ3) is 3.42. The Morgan fingerprint density at radius 3 is 2.67 bits per heavy atom. The topological polar surface area (TPSA) is 71.1 Å². The van der Waals surface area contributed by atoms with E-state index in [4.69, 9.17) is 15.7 Å². The van der Waals surface area contributed by atoms with Gasteiger partial charge in [0.1, 0.15) is 17.3 Å². The zero-order chi connectivity index (χ0) is 15.4. The second kappa shape index (κ2) is 6.13. The van der Waals surface area contributed by atoms with Gasteiger partial charge in [0.05, 0.1) is 5.56 Å². The molecule has 0 amide bonds. The fourth-order valence-electron chi connectivity index (χ4n) is 1.80. The predicted octanol–water partition coefficient (Wildman–Crippen LogP) is 2.78. The summed E-state index contributed by atoms with van der Waals surface area (Å²) in [6, 6.07) is 11.2. The Labute approximate surface area is 122 Å². The summed E-state index contributed by atoms with van der Waals surface area (Å²) in [5.74, 6) is 0.168.